The van der Waals surface area contributed by atoms with Crippen molar-refractivity contribution in [2.75, 3.05) is 13.2 Å². The first-order chi connectivity index (χ1) is 6.05. The third-order valence-corrected chi connectivity index (χ3v) is 3.02. The fourth-order valence-electron chi connectivity index (χ4n) is 2.47. The van der Waals surface area contributed by atoms with E-state index in [1.54, 1.807) is 0 Å². The molecule has 1 spiro atoms. The Morgan fingerprint density at radius 2 is 2.23 bits per heavy atom. The van der Waals surface area contributed by atoms with E-state index in [2.05, 4.69) is 13.8 Å². The second-order valence-corrected chi connectivity index (χ2v) is 4.87. The molecule has 2 atom stereocenters. The van der Waals surface area contributed by atoms with Gasteiger partial charge < -0.3 is 14.6 Å². The van der Waals surface area contributed by atoms with Gasteiger partial charge in [-0.25, -0.2) is 0 Å². The topological polar surface area (TPSA) is 38.7 Å². The summed E-state index contributed by atoms with van der Waals surface area (Å²) < 4.78 is 11.5. The monoisotopic (exact) mass is 186 g/mol. The molecule has 3 nitrogen and oxygen atoms in total. The zero-order chi connectivity index (χ0) is 9.53. The van der Waals surface area contributed by atoms with Crippen molar-refractivity contribution in [1.82, 2.24) is 0 Å². The molecule has 2 fully saturated rings. The molecule has 0 bridgehead atoms. The van der Waals surface area contributed by atoms with Crippen LogP contribution in [0.15, 0.2) is 0 Å². The van der Waals surface area contributed by atoms with E-state index in [0.717, 1.165) is 19.3 Å². The third kappa shape index (κ3) is 1.73. The van der Waals surface area contributed by atoms with E-state index in [4.69, 9.17) is 14.6 Å². The predicted molar refractivity (Wildman–Crippen MR) is 48.6 cm³/mol. The summed E-state index contributed by atoms with van der Waals surface area (Å²) in [5.41, 5.74) is -0.138. The van der Waals surface area contributed by atoms with Gasteiger partial charge in [0.1, 0.15) is 0 Å². The van der Waals surface area contributed by atoms with Gasteiger partial charge in [-0.3, -0.25) is 0 Å². The maximum atomic E-state index is 8.97. The van der Waals surface area contributed by atoms with Crippen LogP contribution in [0.3, 0.4) is 0 Å². The van der Waals surface area contributed by atoms with Crippen LogP contribution in [0.25, 0.3) is 0 Å². The van der Waals surface area contributed by atoms with E-state index in [0.29, 0.717) is 6.61 Å². The van der Waals surface area contributed by atoms with E-state index >= 15 is 0 Å². The molecule has 2 heterocycles. The molecule has 3 heteroatoms. The minimum atomic E-state index is -0.0864. The molecule has 0 aromatic rings. The van der Waals surface area contributed by atoms with Crippen molar-refractivity contribution in [2.45, 2.75) is 50.4 Å². The molecular formula is C10H18O3. The molecule has 13 heavy (non-hydrogen) atoms. The molecule has 1 N–H and O–H groups in total. The van der Waals surface area contributed by atoms with Crippen molar-refractivity contribution in [3.63, 3.8) is 0 Å². The summed E-state index contributed by atoms with van der Waals surface area (Å²) in [5.74, 6) is 0. The standard InChI is InChI=1S/C10H18O3/c1-9(2)6-10(7-12-9)4-3-8(5-11)13-10/h8,11H,3-7H2,1-2H3/t8-,10+/m0/s1. The zero-order valence-corrected chi connectivity index (χ0v) is 8.38. The third-order valence-electron chi connectivity index (χ3n) is 3.02. The zero-order valence-electron chi connectivity index (χ0n) is 8.38. The molecule has 2 aliphatic heterocycles. The largest absolute Gasteiger partial charge is 0.394 e. The molecule has 76 valence electrons. The lowest BCUT2D eigenvalue weighted by Crippen LogP contribution is -2.31. The predicted octanol–water partition coefficient (Wildman–Crippen LogP) is 1.10. The fourth-order valence-corrected chi connectivity index (χ4v) is 2.47. The molecule has 0 radical (unpaired) electrons. The van der Waals surface area contributed by atoms with Crippen LogP contribution in [0.4, 0.5) is 0 Å². The van der Waals surface area contributed by atoms with Gasteiger partial charge in [-0.15, -0.1) is 0 Å². The molecule has 0 aromatic heterocycles. The lowest BCUT2D eigenvalue weighted by molar-refractivity contribution is -0.0620. The highest BCUT2D eigenvalue weighted by molar-refractivity contribution is 4.98. The fraction of sp³-hybridized carbons (Fsp3) is 1.00. The number of aliphatic hydroxyl groups excluding tert-OH is 1. The van der Waals surface area contributed by atoms with Gasteiger partial charge in [0.15, 0.2) is 0 Å². The molecular weight excluding hydrogens is 168 g/mol. The van der Waals surface area contributed by atoms with E-state index < -0.39 is 0 Å². The highest BCUT2D eigenvalue weighted by Gasteiger charge is 2.49. The van der Waals surface area contributed by atoms with Crippen LogP contribution in [-0.4, -0.2) is 35.6 Å². The van der Waals surface area contributed by atoms with Gasteiger partial charge in [-0.05, 0) is 26.7 Å². The minimum absolute atomic E-state index is 0.0394. The van der Waals surface area contributed by atoms with Crippen LogP contribution in [0.2, 0.25) is 0 Å². The Morgan fingerprint density at radius 3 is 2.69 bits per heavy atom. The molecule has 0 amide bonds. The van der Waals surface area contributed by atoms with Gasteiger partial charge in [0, 0.05) is 6.42 Å². The Kier molecular flexibility index (Phi) is 2.13. The van der Waals surface area contributed by atoms with Crippen molar-refractivity contribution in [3.8, 4) is 0 Å². The summed E-state index contributed by atoms with van der Waals surface area (Å²) in [6.07, 6.45) is 2.99. The van der Waals surface area contributed by atoms with Crippen LogP contribution in [0.5, 0.6) is 0 Å². The normalized spacial score (nSPS) is 43.2. The van der Waals surface area contributed by atoms with Crippen molar-refractivity contribution in [3.05, 3.63) is 0 Å². The van der Waals surface area contributed by atoms with Crippen LogP contribution in [0, 0.1) is 0 Å². The Hall–Kier alpha value is -0.120. The summed E-state index contributed by atoms with van der Waals surface area (Å²) in [6, 6.07) is 0. The quantitative estimate of drug-likeness (QED) is 0.666. The van der Waals surface area contributed by atoms with Crippen LogP contribution >= 0.6 is 0 Å². The Morgan fingerprint density at radius 1 is 1.46 bits per heavy atom. The lowest BCUT2D eigenvalue weighted by atomic mass is 9.91. The van der Waals surface area contributed by atoms with Crippen LogP contribution < -0.4 is 0 Å². The van der Waals surface area contributed by atoms with Crippen molar-refractivity contribution >= 4 is 0 Å². The van der Waals surface area contributed by atoms with Gasteiger partial charge in [-0.1, -0.05) is 0 Å². The first kappa shape index (κ1) is 9.44. The Labute approximate surface area is 79.0 Å². The first-order valence-electron chi connectivity index (χ1n) is 4.98. The number of ether oxygens (including phenoxy) is 2. The van der Waals surface area contributed by atoms with Crippen LogP contribution in [-0.2, 0) is 9.47 Å². The highest BCUT2D eigenvalue weighted by atomic mass is 16.6. The average Bonchev–Trinajstić information content (AvgIpc) is 2.57. The molecule has 2 saturated heterocycles. The Bertz CT molecular complexity index is 202. The smallest absolute Gasteiger partial charge is 0.0948 e. The molecule has 0 unspecified atom stereocenters. The van der Waals surface area contributed by atoms with Gasteiger partial charge in [-0.2, -0.15) is 0 Å². The number of aliphatic hydroxyl groups is 1. The molecule has 2 rings (SSSR count). The molecule has 2 aliphatic rings. The summed E-state index contributed by atoms with van der Waals surface area (Å²) >= 11 is 0. The van der Waals surface area contributed by atoms with Crippen molar-refractivity contribution in [2.24, 2.45) is 0 Å². The van der Waals surface area contributed by atoms with E-state index in [-0.39, 0.29) is 23.9 Å². The van der Waals surface area contributed by atoms with Gasteiger partial charge in [0.05, 0.1) is 30.5 Å². The maximum Gasteiger partial charge on any atom is 0.0948 e. The SMILES string of the molecule is CC1(C)C[C@]2(CC[C@@H](CO)O2)CO1. The minimum Gasteiger partial charge on any atom is -0.394 e. The first-order valence-corrected chi connectivity index (χ1v) is 4.98. The maximum absolute atomic E-state index is 8.97. The average molecular weight is 186 g/mol. The van der Waals surface area contributed by atoms with Crippen molar-refractivity contribution < 1.29 is 14.6 Å². The van der Waals surface area contributed by atoms with Gasteiger partial charge in [0.25, 0.3) is 0 Å². The van der Waals surface area contributed by atoms with E-state index in [1.165, 1.54) is 0 Å². The lowest BCUT2D eigenvalue weighted by Gasteiger charge is -2.23. The van der Waals surface area contributed by atoms with E-state index in [1.807, 2.05) is 0 Å². The summed E-state index contributed by atoms with van der Waals surface area (Å²) in [6.45, 7) is 5.02. The Balaban J connectivity index is 2.01. The van der Waals surface area contributed by atoms with E-state index in [9.17, 15) is 0 Å². The number of rotatable bonds is 1. The molecule has 0 aromatic carbocycles. The number of hydrogen-bond acceptors (Lipinski definition) is 3. The molecule has 0 aliphatic carbocycles. The van der Waals surface area contributed by atoms with Crippen LogP contribution in [0.1, 0.15) is 33.1 Å². The second-order valence-electron chi connectivity index (χ2n) is 4.87. The summed E-state index contributed by atoms with van der Waals surface area (Å²) in [5, 5.41) is 8.97. The highest BCUT2D eigenvalue weighted by Crippen LogP contribution is 2.43. The van der Waals surface area contributed by atoms with Crippen molar-refractivity contribution in [1.29, 1.82) is 0 Å². The van der Waals surface area contributed by atoms with Gasteiger partial charge >= 0.3 is 0 Å². The second kappa shape index (κ2) is 2.94. The number of hydrogen-bond donors (Lipinski definition) is 1. The molecule has 0 saturated carbocycles. The summed E-state index contributed by atoms with van der Waals surface area (Å²) in [4.78, 5) is 0. The van der Waals surface area contributed by atoms with Gasteiger partial charge in [0.2, 0.25) is 0 Å². The summed E-state index contributed by atoms with van der Waals surface area (Å²) in [7, 11) is 0.